The van der Waals surface area contributed by atoms with Crippen LogP contribution < -0.4 is 5.32 Å². The van der Waals surface area contributed by atoms with Gasteiger partial charge in [0.05, 0.1) is 11.1 Å². The first kappa shape index (κ1) is 23.3. The maximum Gasteiger partial charge on any atom is 0.471 e. The van der Waals surface area contributed by atoms with Crippen molar-refractivity contribution in [2.75, 3.05) is 19.6 Å². The van der Waals surface area contributed by atoms with Crippen LogP contribution in [0.4, 0.5) is 13.2 Å². The summed E-state index contributed by atoms with van der Waals surface area (Å²) in [5, 5.41) is 2.76. The molecule has 1 aliphatic carbocycles. The number of rotatable bonds is 4. The minimum Gasteiger partial charge on any atom is -0.352 e. The number of imide groups is 1. The fraction of sp³-hybridized carbons (Fsp3) is 0.565. The first-order chi connectivity index (χ1) is 15.7. The summed E-state index contributed by atoms with van der Waals surface area (Å²) in [5.74, 6) is -2.97. The molecule has 178 valence electrons. The van der Waals surface area contributed by atoms with Gasteiger partial charge < -0.3 is 10.2 Å². The molecule has 2 heterocycles. The zero-order valence-electron chi connectivity index (χ0n) is 18.1. The molecule has 2 aliphatic heterocycles. The average Bonchev–Trinajstić information content (AvgIpc) is 3.06. The van der Waals surface area contributed by atoms with E-state index in [9.17, 15) is 32.3 Å². The zero-order valence-corrected chi connectivity index (χ0v) is 18.1. The van der Waals surface area contributed by atoms with E-state index in [1.165, 1.54) is 23.1 Å². The number of likely N-dealkylation sites (tertiary alicyclic amines) is 1. The average molecular weight is 465 g/mol. The molecule has 0 bridgehead atoms. The minimum atomic E-state index is -4.87. The molecule has 0 radical (unpaired) electrons. The topological polar surface area (TPSA) is 86.8 Å². The second-order valence-electron chi connectivity index (χ2n) is 8.98. The van der Waals surface area contributed by atoms with Crippen LogP contribution in [0.15, 0.2) is 18.2 Å². The lowest BCUT2D eigenvalue weighted by atomic mass is 9.94. The van der Waals surface area contributed by atoms with Gasteiger partial charge in [-0.2, -0.15) is 13.2 Å². The molecule has 7 nitrogen and oxygen atoms in total. The Balaban J connectivity index is 1.34. The fourth-order valence-electron chi connectivity index (χ4n) is 4.93. The van der Waals surface area contributed by atoms with Gasteiger partial charge in [-0.3, -0.25) is 24.1 Å². The smallest absolute Gasteiger partial charge is 0.352 e. The van der Waals surface area contributed by atoms with E-state index < -0.39 is 18.0 Å². The van der Waals surface area contributed by atoms with Crippen LogP contribution in [0, 0.1) is 5.92 Å². The Morgan fingerprint density at radius 3 is 2.21 bits per heavy atom. The quantitative estimate of drug-likeness (QED) is 0.693. The van der Waals surface area contributed by atoms with Crippen molar-refractivity contribution in [1.82, 2.24) is 15.1 Å². The molecule has 0 atom stereocenters. The Hall–Kier alpha value is -2.91. The lowest BCUT2D eigenvalue weighted by molar-refractivity contribution is -0.186. The van der Waals surface area contributed by atoms with Crippen molar-refractivity contribution < 1.29 is 32.3 Å². The van der Waals surface area contributed by atoms with Crippen molar-refractivity contribution in [3.05, 3.63) is 34.9 Å². The summed E-state index contributed by atoms with van der Waals surface area (Å²) in [7, 11) is 0. The number of nitrogens with zero attached hydrogens (tertiary/aromatic N) is 2. The lowest BCUT2D eigenvalue weighted by Gasteiger charge is -2.32. The molecule has 0 spiro atoms. The summed E-state index contributed by atoms with van der Waals surface area (Å²) in [6, 6.07) is 4.36. The van der Waals surface area contributed by atoms with Gasteiger partial charge in [0, 0.05) is 31.2 Å². The number of fused-ring (bicyclic) bond motifs is 1. The SMILES string of the molecule is O=C(NCC1CCN(C(=O)C(F)(F)F)CC1)c1ccc2c(c1)C(=O)N(C1CCCCC1)C2=O. The van der Waals surface area contributed by atoms with E-state index in [2.05, 4.69) is 5.32 Å². The monoisotopic (exact) mass is 465 g/mol. The number of carbonyl (C=O) groups excluding carboxylic acids is 4. The second-order valence-corrected chi connectivity index (χ2v) is 8.98. The number of carbonyl (C=O) groups is 4. The highest BCUT2D eigenvalue weighted by Gasteiger charge is 2.43. The molecule has 33 heavy (non-hydrogen) atoms. The van der Waals surface area contributed by atoms with Gasteiger partial charge in [0.25, 0.3) is 17.7 Å². The Bertz CT molecular complexity index is 964. The van der Waals surface area contributed by atoms with Gasteiger partial charge in [0.1, 0.15) is 0 Å². The van der Waals surface area contributed by atoms with Crippen LogP contribution >= 0.6 is 0 Å². The van der Waals surface area contributed by atoms with Gasteiger partial charge in [0.15, 0.2) is 0 Å². The molecule has 1 N–H and O–H groups in total. The molecule has 3 aliphatic rings. The molecule has 1 aromatic rings. The number of alkyl halides is 3. The van der Waals surface area contributed by atoms with Gasteiger partial charge in [0.2, 0.25) is 0 Å². The molecule has 0 unspecified atom stereocenters. The number of amides is 4. The van der Waals surface area contributed by atoms with Gasteiger partial charge >= 0.3 is 12.1 Å². The van der Waals surface area contributed by atoms with E-state index in [-0.39, 0.29) is 54.5 Å². The van der Waals surface area contributed by atoms with Gasteiger partial charge in [-0.1, -0.05) is 19.3 Å². The summed E-state index contributed by atoms with van der Waals surface area (Å²) in [4.78, 5) is 51.7. The number of hydrogen-bond acceptors (Lipinski definition) is 4. The van der Waals surface area contributed by atoms with Crippen LogP contribution in [-0.2, 0) is 4.79 Å². The first-order valence-corrected chi connectivity index (χ1v) is 11.3. The van der Waals surface area contributed by atoms with Crippen molar-refractivity contribution in [3.8, 4) is 0 Å². The number of halogens is 3. The minimum absolute atomic E-state index is 0.00859. The second kappa shape index (κ2) is 9.15. The van der Waals surface area contributed by atoms with Crippen molar-refractivity contribution in [3.63, 3.8) is 0 Å². The van der Waals surface area contributed by atoms with Crippen molar-refractivity contribution in [1.29, 1.82) is 0 Å². The standard InChI is InChI=1S/C23H26F3N3O4/c24-23(25,26)22(33)28-10-8-14(9-11-28)13-27-19(30)15-6-7-17-18(12-15)21(32)29(20(17)31)16-4-2-1-3-5-16/h6-7,12,14,16H,1-5,8-11,13H2,(H,27,30). The van der Waals surface area contributed by atoms with Crippen molar-refractivity contribution in [2.24, 2.45) is 5.92 Å². The summed E-state index contributed by atoms with van der Waals surface area (Å²) >= 11 is 0. The molecule has 10 heteroatoms. The highest BCUT2D eigenvalue weighted by molar-refractivity contribution is 6.22. The van der Waals surface area contributed by atoms with Crippen LogP contribution in [0.5, 0.6) is 0 Å². The first-order valence-electron chi connectivity index (χ1n) is 11.3. The molecule has 0 aromatic heterocycles. The van der Waals surface area contributed by atoms with Crippen LogP contribution in [0.2, 0.25) is 0 Å². The van der Waals surface area contributed by atoms with Crippen LogP contribution in [0.1, 0.15) is 76.0 Å². The molecule has 1 aromatic carbocycles. The summed E-state index contributed by atoms with van der Waals surface area (Å²) in [6.45, 7) is 0.238. The number of benzene rings is 1. The number of hydrogen-bond donors (Lipinski definition) is 1. The van der Waals surface area contributed by atoms with E-state index in [1.54, 1.807) is 0 Å². The van der Waals surface area contributed by atoms with E-state index in [4.69, 9.17) is 0 Å². The van der Waals surface area contributed by atoms with E-state index in [0.717, 1.165) is 37.0 Å². The Morgan fingerprint density at radius 2 is 1.58 bits per heavy atom. The molecule has 1 saturated heterocycles. The van der Waals surface area contributed by atoms with E-state index in [1.807, 2.05) is 0 Å². The highest BCUT2D eigenvalue weighted by Crippen LogP contribution is 2.31. The van der Waals surface area contributed by atoms with Gasteiger partial charge in [-0.25, -0.2) is 0 Å². The van der Waals surface area contributed by atoms with E-state index in [0.29, 0.717) is 18.4 Å². The molecular formula is C23H26F3N3O4. The fourth-order valence-corrected chi connectivity index (χ4v) is 4.93. The maximum absolute atomic E-state index is 12.9. The van der Waals surface area contributed by atoms with E-state index >= 15 is 0 Å². The zero-order chi connectivity index (χ0) is 23.8. The third-order valence-corrected chi connectivity index (χ3v) is 6.82. The lowest BCUT2D eigenvalue weighted by Crippen LogP contribution is -2.46. The maximum atomic E-state index is 12.9. The summed E-state index contributed by atoms with van der Waals surface area (Å²) in [5.41, 5.74) is 0.797. The normalized spacial score (nSPS) is 20.2. The van der Waals surface area contributed by atoms with Gasteiger partial charge in [-0.05, 0) is 49.8 Å². The molecule has 1 saturated carbocycles. The van der Waals surface area contributed by atoms with Crippen LogP contribution in [0.3, 0.4) is 0 Å². The van der Waals surface area contributed by atoms with Crippen molar-refractivity contribution >= 4 is 23.6 Å². The Kier molecular flexibility index (Phi) is 6.45. The predicted molar refractivity (Wildman–Crippen MR) is 112 cm³/mol. The number of nitrogens with one attached hydrogen (secondary N) is 1. The number of piperidine rings is 1. The van der Waals surface area contributed by atoms with Crippen LogP contribution in [0.25, 0.3) is 0 Å². The van der Waals surface area contributed by atoms with Crippen molar-refractivity contribution in [2.45, 2.75) is 57.2 Å². The Labute approximate surface area is 189 Å². The molecule has 2 fully saturated rings. The third-order valence-electron chi connectivity index (χ3n) is 6.82. The largest absolute Gasteiger partial charge is 0.471 e. The van der Waals surface area contributed by atoms with Gasteiger partial charge in [-0.15, -0.1) is 0 Å². The summed E-state index contributed by atoms with van der Waals surface area (Å²) in [6.07, 6.45) is 0.495. The molecular weight excluding hydrogens is 439 g/mol. The third kappa shape index (κ3) is 4.74. The predicted octanol–water partition coefficient (Wildman–Crippen LogP) is 3.15. The highest BCUT2D eigenvalue weighted by atomic mass is 19.4. The molecule has 4 amide bonds. The molecule has 4 rings (SSSR count). The summed E-state index contributed by atoms with van der Waals surface area (Å²) < 4.78 is 37.7. The Morgan fingerprint density at radius 1 is 0.939 bits per heavy atom. The van der Waals surface area contributed by atoms with Crippen LogP contribution in [-0.4, -0.2) is 65.3 Å².